The highest BCUT2D eigenvalue weighted by Gasteiger charge is 2.25. The fraction of sp³-hybridized carbons (Fsp3) is 0. The van der Waals surface area contributed by atoms with Gasteiger partial charge in [0, 0.05) is 48.8 Å². The van der Waals surface area contributed by atoms with Crippen LogP contribution in [0.5, 0.6) is 0 Å². The van der Waals surface area contributed by atoms with Crippen LogP contribution >= 0.6 is 0 Å². The number of furan rings is 1. The average Bonchev–Trinajstić information content (AvgIpc) is 3.91. The molecule has 5 aromatic heterocycles. The summed E-state index contributed by atoms with van der Waals surface area (Å²) < 4.78 is 10.9. The predicted octanol–water partition coefficient (Wildman–Crippen LogP) is 13.0. The van der Waals surface area contributed by atoms with Gasteiger partial charge < -0.3 is 8.82 Å². The Bertz CT molecular complexity index is 3760. The summed E-state index contributed by atoms with van der Waals surface area (Å²) in [6, 6.07) is 61.9. The number of fused-ring (bicyclic) bond motifs is 9. The van der Waals surface area contributed by atoms with E-state index in [9.17, 15) is 0 Å². The molecule has 0 N–H and O–H groups in total. The van der Waals surface area contributed by atoms with Crippen LogP contribution in [0.2, 0.25) is 0 Å². The van der Waals surface area contributed by atoms with Gasteiger partial charge >= 0.3 is 0 Å². The second kappa shape index (κ2) is 11.4. The Hall–Kier alpha value is -7.83. The topological polar surface area (TPSA) is 61.2 Å². The number of rotatable bonds is 4. The lowest BCUT2D eigenvalue weighted by molar-refractivity contribution is 0.669. The van der Waals surface area contributed by atoms with E-state index in [1.54, 1.807) is 0 Å². The summed E-state index contributed by atoms with van der Waals surface area (Å²) in [7, 11) is 0. The predicted molar refractivity (Wildman–Crippen MR) is 232 cm³/mol. The Morgan fingerprint density at radius 1 is 0.351 bits per heavy atom. The highest BCUT2D eigenvalue weighted by Crippen LogP contribution is 2.45. The molecule has 0 atom stereocenters. The van der Waals surface area contributed by atoms with E-state index in [1.807, 2.05) is 30.3 Å². The van der Waals surface area contributed by atoms with Crippen molar-refractivity contribution in [3.63, 3.8) is 0 Å². The molecule has 264 valence electrons. The Labute approximate surface area is 324 Å². The third-order valence-corrected chi connectivity index (χ3v) is 11.7. The number of para-hydroxylation sites is 3. The van der Waals surface area contributed by atoms with Crippen molar-refractivity contribution in [1.82, 2.24) is 23.9 Å². The molecule has 0 bridgehead atoms. The van der Waals surface area contributed by atoms with Gasteiger partial charge in [-0.3, -0.25) is 4.57 Å². The van der Waals surface area contributed by atoms with Gasteiger partial charge in [0.15, 0.2) is 11.6 Å². The summed E-state index contributed by atoms with van der Waals surface area (Å²) in [6.45, 7) is 0. The molecule has 57 heavy (non-hydrogen) atoms. The minimum atomic E-state index is 0.560. The van der Waals surface area contributed by atoms with Crippen LogP contribution in [0.3, 0.4) is 0 Å². The minimum Gasteiger partial charge on any atom is -0.456 e. The monoisotopic (exact) mass is 727 g/mol. The van der Waals surface area contributed by atoms with Crippen LogP contribution in [0.1, 0.15) is 0 Å². The van der Waals surface area contributed by atoms with Crippen LogP contribution in [-0.4, -0.2) is 23.9 Å². The Balaban J connectivity index is 1.15. The molecule has 6 heteroatoms. The van der Waals surface area contributed by atoms with Crippen molar-refractivity contribution >= 4 is 81.8 Å². The van der Waals surface area contributed by atoms with Crippen LogP contribution in [0.4, 0.5) is 0 Å². The molecule has 0 saturated carbocycles. The molecule has 0 aliphatic carbocycles. The molecule has 0 aliphatic heterocycles. The van der Waals surface area contributed by atoms with Crippen LogP contribution in [0, 0.1) is 0 Å². The van der Waals surface area contributed by atoms with Gasteiger partial charge in [-0.15, -0.1) is 0 Å². The van der Waals surface area contributed by atoms with Crippen molar-refractivity contribution in [2.24, 2.45) is 0 Å². The SMILES string of the molecule is c1ccc(-c2cccc(-c3nc(-c4ccc5oc6ccccc6c5c4)nc(-n4c5cccc6c7ccccc7n7c8ccccc8c8ccc4c(c65)c87)n3)c2)cc1. The first-order valence-corrected chi connectivity index (χ1v) is 19.2. The summed E-state index contributed by atoms with van der Waals surface area (Å²) in [6.07, 6.45) is 0. The summed E-state index contributed by atoms with van der Waals surface area (Å²) in [5.74, 6) is 1.75. The molecule has 0 spiro atoms. The molecule has 0 saturated heterocycles. The molecule has 0 fully saturated rings. The Kier molecular flexibility index (Phi) is 6.07. The zero-order valence-electron chi connectivity index (χ0n) is 30.4. The number of benzene rings is 8. The first kappa shape index (κ1) is 30.5. The van der Waals surface area contributed by atoms with Gasteiger partial charge in [0.1, 0.15) is 11.2 Å². The van der Waals surface area contributed by atoms with Gasteiger partial charge in [-0.05, 0) is 71.1 Å². The second-order valence-electron chi connectivity index (χ2n) is 14.8. The molecule has 0 amide bonds. The van der Waals surface area contributed by atoms with E-state index in [2.05, 4.69) is 155 Å². The molecule has 0 radical (unpaired) electrons. The maximum absolute atomic E-state index is 6.22. The average molecular weight is 728 g/mol. The van der Waals surface area contributed by atoms with E-state index in [0.29, 0.717) is 17.6 Å². The zero-order valence-corrected chi connectivity index (χ0v) is 30.4. The largest absolute Gasteiger partial charge is 0.456 e. The van der Waals surface area contributed by atoms with Crippen LogP contribution in [0.25, 0.3) is 122 Å². The fourth-order valence-corrected chi connectivity index (χ4v) is 9.24. The van der Waals surface area contributed by atoms with Gasteiger partial charge in [-0.2, -0.15) is 9.97 Å². The Morgan fingerprint density at radius 3 is 1.77 bits per heavy atom. The molecule has 8 aromatic carbocycles. The molecule has 0 unspecified atom stereocenters. The van der Waals surface area contributed by atoms with Crippen molar-refractivity contribution in [1.29, 1.82) is 0 Å². The standard InChI is InChI=1S/C51H29N5O/c1-2-12-30(13-3-1)31-14-10-15-32(28-31)49-52-50(33-24-27-45-39(29-33)36-18-6-9-23-44(36)57-45)54-51(53-49)56-42-22-11-19-37-34-16-4-7-20-40(34)55-41-21-8-5-17-35(41)38-25-26-43(56)47(46(37)42)48(38)55/h1-29H. The summed E-state index contributed by atoms with van der Waals surface area (Å²) >= 11 is 0. The van der Waals surface area contributed by atoms with Crippen molar-refractivity contribution in [3.8, 4) is 39.9 Å². The lowest BCUT2D eigenvalue weighted by Gasteiger charge is -2.12. The zero-order chi connectivity index (χ0) is 37.2. The molecular weight excluding hydrogens is 699 g/mol. The molecular formula is C51H29N5O. The number of hydrogen-bond donors (Lipinski definition) is 0. The normalized spacial score (nSPS) is 12.2. The van der Waals surface area contributed by atoms with E-state index < -0.39 is 0 Å². The summed E-state index contributed by atoms with van der Waals surface area (Å²) in [5, 5.41) is 9.29. The maximum atomic E-state index is 6.22. The molecule has 5 heterocycles. The van der Waals surface area contributed by atoms with Crippen molar-refractivity contribution in [2.75, 3.05) is 0 Å². The lowest BCUT2D eigenvalue weighted by atomic mass is 10.0. The first-order chi connectivity index (χ1) is 28.3. The highest BCUT2D eigenvalue weighted by molar-refractivity contribution is 6.33. The first-order valence-electron chi connectivity index (χ1n) is 19.2. The molecule has 13 aromatic rings. The third kappa shape index (κ3) is 4.26. The van der Waals surface area contributed by atoms with Crippen molar-refractivity contribution in [3.05, 3.63) is 176 Å². The van der Waals surface area contributed by atoms with Crippen LogP contribution in [0.15, 0.2) is 180 Å². The van der Waals surface area contributed by atoms with E-state index in [-0.39, 0.29) is 0 Å². The quantitative estimate of drug-likeness (QED) is 0.181. The van der Waals surface area contributed by atoms with E-state index in [1.165, 1.54) is 48.9 Å². The lowest BCUT2D eigenvalue weighted by Crippen LogP contribution is -2.06. The fourth-order valence-electron chi connectivity index (χ4n) is 9.24. The van der Waals surface area contributed by atoms with Gasteiger partial charge in [-0.25, -0.2) is 4.98 Å². The molecule has 6 nitrogen and oxygen atoms in total. The van der Waals surface area contributed by atoms with Gasteiger partial charge in [0.25, 0.3) is 0 Å². The smallest absolute Gasteiger partial charge is 0.238 e. The van der Waals surface area contributed by atoms with Crippen LogP contribution in [-0.2, 0) is 0 Å². The van der Waals surface area contributed by atoms with Crippen molar-refractivity contribution < 1.29 is 4.42 Å². The van der Waals surface area contributed by atoms with E-state index in [0.717, 1.165) is 55.2 Å². The van der Waals surface area contributed by atoms with Crippen molar-refractivity contribution in [2.45, 2.75) is 0 Å². The Morgan fingerprint density at radius 2 is 0.947 bits per heavy atom. The third-order valence-electron chi connectivity index (χ3n) is 11.7. The number of hydrogen-bond acceptors (Lipinski definition) is 4. The maximum Gasteiger partial charge on any atom is 0.238 e. The number of nitrogens with zero attached hydrogens (tertiary/aromatic N) is 5. The second-order valence-corrected chi connectivity index (χ2v) is 14.8. The molecule has 13 rings (SSSR count). The minimum absolute atomic E-state index is 0.560. The van der Waals surface area contributed by atoms with Gasteiger partial charge in [0.2, 0.25) is 5.95 Å². The molecule has 0 aliphatic rings. The number of aromatic nitrogens is 5. The summed E-state index contributed by atoms with van der Waals surface area (Å²) in [5.41, 5.74) is 11.4. The van der Waals surface area contributed by atoms with E-state index >= 15 is 0 Å². The van der Waals surface area contributed by atoms with Crippen LogP contribution < -0.4 is 0 Å². The van der Waals surface area contributed by atoms with Gasteiger partial charge in [-0.1, -0.05) is 121 Å². The van der Waals surface area contributed by atoms with E-state index in [4.69, 9.17) is 19.4 Å². The highest BCUT2D eigenvalue weighted by atomic mass is 16.3. The van der Waals surface area contributed by atoms with Gasteiger partial charge in [0.05, 0.1) is 27.6 Å². The summed E-state index contributed by atoms with van der Waals surface area (Å²) in [4.78, 5) is 16.0.